The molecule has 0 aliphatic carbocycles. The van der Waals surface area contributed by atoms with E-state index in [0.29, 0.717) is 11.0 Å². The average molecular weight is 404 g/mol. The Morgan fingerprint density at radius 3 is 2.85 bits per heavy atom. The van der Waals surface area contributed by atoms with Gasteiger partial charge in [0.2, 0.25) is 0 Å². The van der Waals surface area contributed by atoms with Gasteiger partial charge in [0.1, 0.15) is 0 Å². The minimum atomic E-state index is -0.418. The lowest BCUT2D eigenvalue weighted by Crippen LogP contribution is -2.01. The summed E-state index contributed by atoms with van der Waals surface area (Å²) in [4.78, 5) is 10.5. The molecule has 106 valence electrons. The zero-order valence-corrected chi connectivity index (χ0v) is 13.8. The van der Waals surface area contributed by atoms with E-state index in [9.17, 15) is 10.1 Å². The molecule has 1 aromatic heterocycles. The van der Waals surface area contributed by atoms with E-state index in [-0.39, 0.29) is 10.5 Å². The van der Waals surface area contributed by atoms with Crippen molar-refractivity contribution >= 4 is 37.5 Å². The SMILES string of the molecule is CCC(Br)c1cn(Cc2ccc([N+](=O)[O-])cc2Br)nn1. The molecule has 0 radical (unpaired) electrons. The van der Waals surface area contributed by atoms with Gasteiger partial charge >= 0.3 is 0 Å². The van der Waals surface area contributed by atoms with Crippen LogP contribution in [0.3, 0.4) is 0 Å². The lowest BCUT2D eigenvalue weighted by molar-refractivity contribution is -0.384. The highest BCUT2D eigenvalue weighted by Crippen LogP contribution is 2.25. The van der Waals surface area contributed by atoms with E-state index in [1.165, 1.54) is 12.1 Å². The van der Waals surface area contributed by atoms with Gasteiger partial charge in [-0.05, 0) is 18.1 Å². The predicted octanol–water partition coefficient (Wildman–Crippen LogP) is 3.84. The normalized spacial score (nSPS) is 12.3. The summed E-state index contributed by atoms with van der Waals surface area (Å²) in [6.07, 6.45) is 2.80. The van der Waals surface area contributed by atoms with Gasteiger partial charge in [-0.25, -0.2) is 4.68 Å². The van der Waals surface area contributed by atoms with Crippen molar-refractivity contribution < 1.29 is 4.92 Å². The van der Waals surface area contributed by atoms with E-state index < -0.39 is 4.92 Å². The lowest BCUT2D eigenvalue weighted by atomic mass is 10.2. The minimum Gasteiger partial charge on any atom is -0.258 e. The van der Waals surface area contributed by atoms with Gasteiger partial charge in [-0.1, -0.05) is 44.0 Å². The molecule has 0 bridgehead atoms. The lowest BCUT2D eigenvalue weighted by Gasteiger charge is -2.04. The molecular formula is C12H12Br2N4O2. The molecule has 1 heterocycles. The van der Waals surface area contributed by atoms with E-state index in [1.807, 2.05) is 6.20 Å². The molecule has 1 unspecified atom stereocenters. The van der Waals surface area contributed by atoms with Crippen LogP contribution in [0, 0.1) is 10.1 Å². The average Bonchev–Trinajstić information content (AvgIpc) is 2.88. The minimum absolute atomic E-state index is 0.0615. The van der Waals surface area contributed by atoms with E-state index >= 15 is 0 Å². The van der Waals surface area contributed by atoms with Crippen LogP contribution >= 0.6 is 31.9 Å². The van der Waals surface area contributed by atoms with Crippen molar-refractivity contribution in [2.75, 3.05) is 0 Å². The highest BCUT2D eigenvalue weighted by atomic mass is 79.9. The van der Waals surface area contributed by atoms with Crippen LogP contribution in [0.2, 0.25) is 0 Å². The third kappa shape index (κ3) is 3.43. The molecular weight excluding hydrogens is 392 g/mol. The highest BCUT2D eigenvalue weighted by Gasteiger charge is 2.12. The van der Waals surface area contributed by atoms with Crippen LogP contribution in [0.4, 0.5) is 5.69 Å². The maximum atomic E-state index is 10.7. The fourth-order valence-corrected chi connectivity index (χ4v) is 2.40. The van der Waals surface area contributed by atoms with Crippen LogP contribution in [0.1, 0.15) is 29.4 Å². The third-order valence-electron chi connectivity index (χ3n) is 2.82. The van der Waals surface area contributed by atoms with Gasteiger partial charge in [0.25, 0.3) is 5.69 Å². The van der Waals surface area contributed by atoms with Gasteiger partial charge in [-0.2, -0.15) is 0 Å². The third-order valence-corrected chi connectivity index (χ3v) is 4.67. The zero-order valence-electron chi connectivity index (χ0n) is 10.7. The summed E-state index contributed by atoms with van der Waals surface area (Å²) in [7, 11) is 0. The second-order valence-electron chi connectivity index (χ2n) is 4.25. The van der Waals surface area contributed by atoms with E-state index in [2.05, 4.69) is 49.1 Å². The van der Waals surface area contributed by atoms with Crippen LogP contribution < -0.4 is 0 Å². The van der Waals surface area contributed by atoms with Crippen molar-refractivity contribution in [1.29, 1.82) is 0 Å². The van der Waals surface area contributed by atoms with Gasteiger partial charge in [0, 0.05) is 22.8 Å². The second kappa shape index (κ2) is 6.45. The quantitative estimate of drug-likeness (QED) is 0.431. The molecule has 0 saturated carbocycles. The Bertz CT molecular complexity index is 630. The number of alkyl halides is 1. The Hall–Kier alpha value is -1.28. The molecule has 1 atom stereocenters. The van der Waals surface area contributed by atoms with Gasteiger partial charge in [0.15, 0.2) is 0 Å². The van der Waals surface area contributed by atoms with Crippen molar-refractivity contribution in [2.45, 2.75) is 24.7 Å². The number of hydrogen-bond donors (Lipinski definition) is 0. The maximum Gasteiger partial charge on any atom is 0.270 e. The molecule has 0 spiro atoms. The fraction of sp³-hybridized carbons (Fsp3) is 0.333. The van der Waals surface area contributed by atoms with Crippen molar-refractivity contribution in [3.8, 4) is 0 Å². The number of hydrogen-bond acceptors (Lipinski definition) is 4. The fourth-order valence-electron chi connectivity index (χ4n) is 1.70. The molecule has 1 aromatic carbocycles. The highest BCUT2D eigenvalue weighted by molar-refractivity contribution is 9.10. The first kappa shape index (κ1) is 15.1. The number of halogens is 2. The first-order valence-electron chi connectivity index (χ1n) is 5.98. The van der Waals surface area contributed by atoms with E-state index in [4.69, 9.17) is 0 Å². The molecule has 0 fully saturated rings. The molecule has 0 aliphatic rings. The summed E-state index contributed by atoms with van der Waals surface area (Å²) in [5, 5.41) is 18.8. The number of nitro benzene ring substituents is 1. The van der Waals surface area contributed by atoms with Gasteiger partial charge in [-0.3, -0.25) is 10.1 Å². The summed E-state index contributed by atoms with van der Waals surface area (Å²) in [6, 6.07) is 4.69. The summed E-state index contributed by atoms with van der Waals surface area (Å²) in [6.45, 7) is 2.57. The topological polar surface area (TPSA) is 73.8 Å². The number of aromatic nitrogens is 3. The van der Waals surface area contributed by atoms with Crippen LogP contribution in [-0.4, -0.2) is 19.9 Å². The zero-order chi connectivity index (χ0) is 14.7. The summed E-state index contributed by atoms with van der Waals surface area (Å²) < 4.78 is 2.40. The molecule has 2 aromatic rings. The molecule has 6 nitrogen and oxygen atoms in total. The van der Waals surface area contributed by atoms with Crippen molar-refractivity contribution in [3.63, 3.8) is 0 Å². The maximum absolute atomic E-state index is 10.7. The number of nitrogens with zero attached hydrogens (tertiary/aromatic N) is 4. The summed E-state index contributed by atoms with van der Waals surface area (Å²) in [5.41, 5.74) is 1.85. The predicted molar refractivity (Wildman–Crippen MR) is 81.9 cm³/mol. The van der Waals surface area contributed by atoms with Crippen LogP contribution in [0.25, 0.3) is 0 Å². The standard InChI is InChI=1S/C12H12Br2N4O2/c1-2-10(13)12-7-17(16-15-12)6-8-3-4-9(18(19)20)5-11(8)14/h3-5,7,10H,2,6H2,1H3. The number of benzene rings is 1. The van der Waals surface area contributed by atoms with Crippen LogP contribution in [0.15, 0.2) is 28.9 Å². The monoisotopic (exact) mass is 402 g/mol. The van der Waals surface area contributed by atoms with Gasteiger partial charge in [0.05, 0.1) is 22.0 Å². The van der Waals surface area contributed by atoms with Crippen molar-refractivity contribution in [1.82, 2.24) is 15.0 Å². The molecule has 0 N–H and O–H groups in total. The van der Waals surface area contributed by atoms with Crippen molar-refractivity contribution in [3.05, 3.63) is 50.2 Å². The molecule has 0 saturated heterocycles. The number of rotatable bonds is 5. The Kier molecular flexibility index (Phi) is 4.87. The first-order valence-corrected chi connectivity index (χ1v) is 7.69. The Labute approximate surface area is 132 Å². The smallest absolute Gasteiger partial charge is 0.258 e. The number of non-ortho nitro benzene ring substituents is 1. The number of nitro groups is 1. The van der Waals surface area contributed by atoms with Gasteiger partial charge in [-0.15, -0.1) is 5.10 Å². The Balaban J connectivity index is 2.18. The van der Waals surface area contributed by atoms with Gasteiger partial charge < -0.3 is 0 Å². The van der Waals surface area contributed by atoms with E-state index in [0.717, 1.165) is 17.7 Å². The molecule has 0 aliphatic heterocycles. The van der Waals surface area contributed by atoms with Crippen LogP contribution in [-0.2, 0) is 6.54 Å². The van der Waals surface area contributed by atoms with Crippen LogP contribution in [0.5, 0.6) is 0 Å². The molecule has 8 heteroatoms. The molecule has 2 rings (SSSR count). The Morgan fingerprint density at radius 2 is 2.25 bits per heavy atom. The van der Waals surface area contributed by atoms with E-state index in [1.54, 1.807) is 10.7 Å². The summed E-state index contributed by atoms with van der Waals surface area (Å²) in [5.74, 6) is 0. The first-order chi connectivity index (χ1) is 9.51. The van der Waals surface area contributed by atoms with Crippen molar-refractivity contribution in [2.24, 2.45) is 0 Å². The summed E-state index contributed by atoms with van der Waals surface area (Å²) >= 11 is 6.87. The Morgan fingerprint density at radius 1 is 1.50 bits per heavy atom. The largest absolute Gasteiger partial charge is 0.270 e. The molecule has 20 heavy (non-hydrogen) atoms. The molecule has 0 amide bonds. The second-order valence-corrected chi connectivity index (χ2v) is 6.21.